The molecule has 0 aliphatic heterocycles. The number of benzene rings is 2. The Labute approximate surface area is 185 Å². The average Bonchev–Trinajstić information content (AvgIpc) is 2.67. The third kappa shape index (κ3) is 7.12. The molecule has 2 rings (SSSR count). The minimum atomic E-state index is 0.254. The van der Waals surface area contributed by atoms with Crippen LogP contribution in [0.1, 0.15) is 37.3 Å². The number of unbranched alkanes of at least 4 members (excludes halogenated alkanes) is 2. The number of halogens is 3. The highest BCUT2D eigenvalue weighted by Gasteiger charge is 2.13. The van der Waals surface area contributed by atoms with E-state index in [9.17, 15) is 0 Å². The Kier molecular flexibility index (Phi) is 10.4. The van der Waals surface area contributed by atoms with Crippen LogP contribution in [0.25, 0.3) is 0 Å². The van der Waals surface area contributed by atoms with Crippen molar-refractivity contribution < 1.29 is 14.6 Å². The summed E-state index contributed by atoms with van der Waals surface area (Å²) >= 11 is 16.1. The van der Waals surface area contributed by atoms with Crippen LogP contribution in [0, 0.1) is 0 Å². The molecule has 0 saturated heterocycles. The maximum Gasteiger partial charge on any atom is 0.162 e. The number of nitrogens with one attached hydrogen (secondary N) is 1. The zero-order valence-corrected chi connectivity index (χ0v) is 19.0. The molecule has 0 heterocycles. The monoisotopic (exact) mass is 489 g/mol. The normalized spacial score (nSPS) is 10.9. The smallest absolute Gasteiger partial charge is 0.162 e. The lowest BCUT2D eigenvalue weighted by Gasteiger charge is -2.16. The Hall–Kier alpha value is -0.980. The molecule has 0 saturated carbocycles. The Morgan fingerprint density at radius 3 is 2.43 bits per heavy atom. The van der Waals surface area contributed by atoms with Gasteiger partial charge < -0.3 is 19.9 Å². The molecule has 0 bridgehead atoms. The van der Waals surface area contributed by atoms with Gasteiger partial charge in [-0.3, -0.25) is 0 Å². The standard InChI is InChI=1S/C21H26BrCl2NO3/c1-2-27-20-11-15(13-25-9-4-3-5-10-26)17(22)12-21(20)28-14-16-18(23)7-6-8-19(16)24/h6-8,11-12,25-26H,2-5,9-10,13-14H2,1H3. The van der Waals surface area contributed by atoms with Gasteiger partial charge in [-0.15, -0.1) is 0 Å². The number of hydrogen-bond acceptors (Lipinski definition) is 4. The largest absolute Gasteiger partial charge is 0.490 e. The van der Waals surface area contributed by atoms with E-state index in [1.165, 1.54) is 0 Å². The first-order valence-electron chi connectivity index (χ1n) is 9.39. The average molecular weight is 491 g/mol. The van der Waals surface area contributed by atoms with Crippen molar-refractivity contribution in [3.63, 3.8) is 0 Å². The minimum absolute atomic E-state index is 0.254. The van der Waals surface area contributed by atoms with Crippen LogP contribution in [0.15, 0.2) is 34.8 Å². The van der Waals surface area contributed by atoms with E-state index in [1.807, 2.05) is 25.1 Å². The summed E-state index contributed by atoms with van der Waals surface area (Å²) < 4.78 is 12.7. The van der Waals surface area contributed by atoms with Crippen molar-refractivity contribution in [2.24, 2.45) is 0 Å². The van der Waals surface area contributed by atoms with Crippen LogP contribution in [-0.2, 0) is 13.2 Å². The van der Waals surface area contributed by atoms with Gasteiger partial charge in [0.1, 0.15) is 6.61 Å². The van der Waals surface area contributed by atoms with Gasteiger partial charge >= 0.3 is 0 Å². The second-order valence-electron chi connectivity index (χ2n) is 6.27. The number of aliphatic hydroxyl groups excluding tert-OH is 1. The Morgan fingerprint density at radius 2 is 1.75 bits per heavy atom. The van der Waals surface area contributed by atoms with Crippen LogP contribution in [0.2, 0.25) is 10.0 Å². The molecule has 0 aliphatic rings. The van der Waals surface area contributed by atoms with Crippen molar-refractivity contribution in [2.75, 3.05) is 19.8 Å². The van der Waals surface area contributed by atoms with E-state index in [-0.39, 0.29) is 13.2 Å². The molecule has 2 N–H and O–H groups in total. The van der Waals surface area contributed by atoms with Crippen LogP contribution in [0.4, 0.5) is 0 Å². The van der Waals surface area contributed by atoms with Crippen molar-refractivity contribution >= 4 is 39.1 Å². The van der Waals surface area contributed by atoms with Crippen molar-refractivity contribution in [3.05, 3.63) is 56.0 Å². The lowest BCUT2D eigenvalue weighted by Crippen LogP contribution is -2.15. The third-order valence-corrected chi connectivity index (χ3v) is 5.62. The highest BCUT2D eigenvalue weighted by atomic mass is 79.9. The zero-order chi connectivity index (χ0) is 20.4. The lowest BCUT2D eigenvalue weighted by atomic mass is 10.2. The molecule has 0 unspecified atom stereocenters. The van der Waals surface area contributed by atoms with Crippen molar-refractivity contribution in [1.82, 2.24) is 5.32 Å². The molecule has 0 atom stereocenters. The summed E-state index contributed by atoms with van der Waals surface area (Å²) in [4.78, 5) is 0. The Bertz CT molecular complexity index is 738. The highest BCUT2D eigenvalue weighted by molar-refractivity contribution is 9.10. The van der Waals surface area contributed by atoms with Crippen LogP contribution >= 0.6 is 39.1 Å². The number of aliphatic hydroxyl groups is 1. The molecule has 0 aliphatic carbocycles. The van der Waals surface area contributed by atoms with Crippen LogP contribution in [0.5, 0.6) is 11.5 Å². The zero-order valence-electron chi connectivity index (χ0n) is 15.9. The maximum atomic E-state index is 8.82. The van der Waals surface area contributed by atoms with Crippen molar-refractivity contribution in [2.45, 2.75) is 39.3 Å². The predicted molar refractivity (Wildman–Crippen MR) is 119 cm³/mol. The van der Waals surface area contributed by atoms with Crippen LogP contribution in [0.3, 0.4) is 0 Å². The summed E-state index contributed by atoms with van der Waals surface area (Å²) in [6.45, 7) is 4.61. The minimum Gasteiger partial charge on any atom is -0.490 e. The topological polar surface area (TPSA) is 50.7 Å². The fourth-order valence-electron chi connectivity index (χ4n) is 2.68. The molecule has 0 radical (unpaired) electrons. The van der Waals surface area contributed by atoms with E-state index in [2.05, 4.69) is 21.2 Å². The number of hydrogen-bond donors (Lipinski definition) is 2. The lowest BCUT2D eigenvalue weighted by molar-refractivity contribution is 0.269. The Morgan fingerprint density at radius 1 is 1.04 bits per heavy atom. The summed E-state index contributed by atoms with van der Waals surface area (Å²) in [7, 11) is 0. The molecule has 0 spiro atoms. The molecular weight excluding hydrogens is 465 g/mol. The molecule has 28 heavy (non-hydrogen) atoms. The van der Waals surface area contributed by atoms with Crippen LogP contribution < -0.4 is 14.8 Å². The van der Waals surface area contributed by atoms with Gasteiger partial charge in [-0.25, -0.2) is 0 Å². The van der Waals surface area contributed by atoms with Gasteiger partial charge in [-0.1, -0.05) is 45.2 Å². The summed E-state index contributed by atoms with van der Waals surface area (Å²) in [5.74, 6) is 1.32. The fourth-order valence-corrected chi connectivity index (χ4v) is 3.64. The second-order valence-corrected chi connectivity index (χ2v) is 7.94. The quantitative estimate of drug-likeness (QED) is 0.359. The number of ether oxygens (including phenoxy) is 2. The summed E-state index contributed by atoms with van der Waals surface area (Å²) in [5.41, 5.74) is 1.84. The summed E-state index contributed by atoms with van der Waals surface area (Å²) in [6.07, 6.45) is 2.91. The van der Waals surface area contributed by atoms with E-state index in [4.69, 9.17) is 37.8 Å². The maximum absolute atomic E-state index is 8.82. The molecule has 2 aromatic carbocycles. The third-order valence-electron chi connectivity index (χ3n) is 4.17. The molecule has 0 fully saturated rings. The predicted octanol–water partition coefficient (Wildman–Crippen LogP) is 5.99. The molecular formula is C21H26BrCl2NO3. The van der Waals surface area contributed by atoms with Gasteiger partial charge in [0.25, 0.3) is 0 Å². The van der Waals surface area contributed by atoms with Gasteiger partial charge in [0.2, 0.25) is 0 Å². The van der Waals surface area contributed by atoms with Gasteiger partial charge in [0, 0.05) is 33.2 Å². The van der Waals surface area contributed by atoms with E-state index in [1.54, 1.807) is 12.1 Å². The number of rotatable bonds is 12. The first kappa shape index (κ1) is 23.3. The fraction of sp³-hybridized carbons (Fsp3) is 0.429. The second kappa shape index (κ2) is 12.6. The molecule has 0 aromatic heterocycles. The highest BCUT2D eigenvalue weighted by Crippen LogP contribution is 2.35. The van der Waals surface area contributed by atoms with Gasteiger partial charge in [-0.2, -0.15) is 0 Å². The molecule has 154 valence electrons. The van der Waals surface area contributed by atoms with E-state index >= 15 is 0 Å². The van der Waals surface area contributed by atoms with E-state index in [0.717, 1.165) is 48.0 Å². The van der Waals surface area contributed by atoms with Crippen LogP contribution in [-0.4, -0.2) is 24.9 Å². The van der Waals surface area contributed by atoms with Crippen molar-refractivity contribution in [1.29, 1.82) is 0 Å². The van der Waals surface area contributed by atoms with Gasteiger partial charge in [0.15, 0.2) is 11.5 Å². The summed E-state index contributed by atoms with van der Waals surface area (Å²) in [5, 5.41) is 13.4. The first-order valence-corrected chi connectivity index (χ1v) is 10.9. The first-order chi connectivity index (χ1) is 13.6. The molecule has 0 amide bonds. The van der Waals surface area contributed by atoms with E-state index in [0.29, 0.717) is 28.2 Å². The molecule has 2 aromatic rings. The van der Waals surface area contributed by atoms with Gasteiger partial charge in [0.05, 0.1) is 6.61 Å². The van der Waals surface area contributed by atoms with E-state index < -0.39 is 0 Å². The SMILES string of the molecule is CCOc1cc(CNCCCCCO)c(Br)cc1OCc1c(Cl)cccc1Cl. The molecule has 7 heteroatoms. The van der Waals surface area contributed by atoms with Gasteiger partial charge in [-0.05, 0) is 62.6 Å². The summed E-state index contributed by atoms with van der Waals surface area (Å²) in [6, 6.07) is 9.29. The molecule has 4 nitrogen and oxygen atoms in total. The Balaban J connectivity index is 2.05. The van der Waals surface area contributed by atoms with Crippen molar-refractivity contribution in [3.8, 4) is 11.5 Å².